The molecule has 136 valence electrons. The van der Waals surface area contributed by atoms with Crippen molar-refractivity contribution in [1.29, 1.82) is 0 Å². The molecule has 9 heteroatoms. The molecule has 0 spiro atoms. The highest BCUT2D eigenvalue weighted by Gasteiger charge is 2.21. The van der Waals surface area contributed by atoms with Gasteiger partial charge in [-0.2, -0.15) is 5.10 Å². The number of fused-ring (bicyclic) bond motifs is 1. The summed E-state index contributed by atoms with van der Waals surface area (Å²) in [6, 6.07) is 10.5. The van der Waals surface area contributed by atoms with Crippen molar-refractivity contribution in [2.75, 3.05) is 11.1 Å². The molecule has 27 heavy (non-hydrogen) atoms. The van der Waals surface area contributed by atoms with E-state index in [9.17, 15) is 4.79 Å². The van der Waals surface area contributed by atoms with Gasteiger partial charge >= 0.3 is 0 Å². The molecule has 0 bridgehead atoms. The third-order valence-corrected chi connectivity index (χ3v) is 4.62. The number of benzene rings is 1. The molecular formula is C18H14Cl2N6O. The number of rotatable bonds is 3. The van der Waals surface area contributed by atoms with Crippen LogP contribution in [0.25, 0.3) is 16.8 Å². The van der Waals surface area contributed by atoms with Crippen LogP contribution in [0.15, 0.2) is 48.8 Å². The van der Waals surface area contributed by atoms with Crippen LogP contribution in [-0.4, -0.2) is 25.3 Å². The van der Waals surface area contributed by atoms with Crippen LogP contribution in [0.2, 0.25) is 10.0 Å². The van der Waals surface area contributed by atoms with E-state index in [0.717, 1.165) is 0 Å². The van der Waals surface area contributed by atoms with E-state index in [1.54, 1.807) is 52.9 Å². The first-order valence-electron chi connectivity index (χ1n) is 7.97. The highest BCUT2D eigenvalue weighted by atomic mass is 35.5. The zero-order valence-corrected chi connectivity index (χ0v) is 15.7. The van der Waals surface area contributed by atoms with E-state index in [2.05, 4.69) is 15.5 Å². The van der Waals surface area contributed by atoms with Crippen LogP contribution in [-0.2, 0) is 7.05 Å². The third-order valence-electron chi connectivity index (χ3n) is 4.05. The fourth-order valence-corrected chi connectivity index (χ4v) is 3.27. The number of aryl methyl sites for hydroxylation is 1. The first kappa shape index (κ1) is 17.4. The van der Waals surface area contributed by atoms with E-state index in [4.69, 9.17) is 28.9 Å². The summed E-state index contributed by atoms with van der Waals surface area (Å²) < 4.78 is 3.14. The average molecular weight is 401 g/mol. The van der Waals surface area contributed by atoms with Gasteiger partial charge in [-0.05, 0) is 30.3 Å². The van der Waals surface area contributed by atoms with Gasteiger partial charge in [-0.1, -0.05) is 29.3 Å². The Labute approximate surface area is 164 Å². The summed E-state index contributed by atoms with van der Waals surface area (Å²) >= 11 is 12.4. The molecule has 3 N–H and O–H groups in total. The second kappa shape index (κ2) is 6.61. The van der Waals surface area contributed by atoms with E-state index < -0.39 is 0 Å². The zero-order chi connectivity index (χ0) is 19.1. The van der Waals surface area contributed by atoms with Gasteiger partial charge < -0.3 is 11.1 Å². The average Bonchev–Trinajstić information content (AvgIpc) is 3.15. The van der Waals surface area contributed by atoms with Crippen molar-refractivity contribution in [1.82, 2.24) is 19.4 Å². The van der Waals surface area contributed by atoms with E-state index >= 15 is 0 Å². The first-order chi connectivity index (χ1) is 12.9. The standard InChI is InChI=1S/C18H14Cl2N6O/c1-25-9-13(16(23-25)11-8-10(19)5-6-12(11)20)22-18(27)15-14-4-2-3-7-26(14)24-17(15)21/h2-9H,1H3,(H2,21,24)(H,22,27). The smallest absolute Gasteiger partial charge is 0.261 e. The maximum absolute atomic E-state index is 12.9. The number of hydrogen-bond acceptors (Lipinski definition) is 4. The Morgan fingerprint density at radius 3 is 2.81 bits per heavy atom. The molecule has 4 rings (SSSR count). The van der Waals surface area contributed by atoms with Crippen LogP contribution < -0.4 is 11.1 Å². The number of nitrogen functional groups attached to an aromatic ring is 1. The fourth-order valence-electron chi connectivity index (χ4n) is 2.89. The normalized spacial score (nSPS) is 11.1. The molecule has 0 radical (unpaired) electrons. The lowest BCUT2D eigenvalue weighted by molar-refractivity contribution is 0.102. The Balaban J connectivity index is 1.76. The minimum Gasteiger partial charge on any atom is -0.382 e. The number of halogens is 2. The van der Waals surface area contributed by atoms with Crippen LogP contribution in [0, 0.1) is 0 Å². The Hall–Kier alpha value is -3.03. The summed E-state index contributed by atoms with van der Waals surface area (Å²) in [5, 5.41) is 12.4. The molecule has 3 heterocycles. The second-order valence-corrected chi connectivity index (χ2v) is 6.78. The van der Waals surface area contributed by atoms with Gasteiger partial charge in [0.05, 0.1) is 16.2 Å². The minimum absolute atomic E-state index is 0.143. The zero-order valence-electron chi connectivity index (χ0n) is 14.1. The number of amides is 1. The number of hydrogen-bond donors (Lipinski definition) is 2. The van der Waals surface area contributed by atoms with E-state index in [1.165, 1.54) is 0 Å². The summed E-state index contributed by atoms with van der Waals surface area (Å²) in [6.07, 6.45) is 3.41. The van der Waals surface area contributed by atoms with Crippen LogP contribution in [0.1, 0.15) is 10.4 Å². The number of pyridine rings is 1. The number of carbonyl (C=O) groups is 1. The molecule has 0 aliphatic heterocycles. The van der Waals surface area contributed by atoms with Crippen molar-refractivity contribution in [2.24, 2.45) is 7.05 Å². The predicted molar refractivity (Wildman–Crippen MR) is 106 cm³/mol. The number of nitrogens with zero attached hydrogens (tertiary/aromatic N) is 4. The molecule has 0 aliphatic rings. The number of nitrogens with two attached hydrogens (primary N) is 1. The number of nitrogens with one attached hydrogen (secondary N) is 1. The van der Waals surface area contributed by atoms with Gasteiger partial charge in [0.15, 0.2) is 5.82 Å². The van der Waals surface area contributed by atoms with Crippen molar-refractivity contribution < 1.29 is 4.79 Å². The molecule has 3 aromatic heterocycles. The monoisotopic (exact) mass is 400 g/mol. The Morgan fingerprint density at radius 1 is 1.19 bits per heavy atom. The first-order valence-corrected chi connectivity index (χ1v) is 8.73. The third kappa shape index (κ3) is 3.11. The van der Waals surface area contributed by atoms with Crippen molar-refractivity contribution in [2.45, 2.75) is 0 Å². The van der Waals surface area contributed by atoms with Crippen molar-refractivity contribution in [3.8, 4) is 11.3 Å². The Kier molecular flexibility index (Phi) is 4.25. The molecule has 1 aromatic carbocycles. The molecular weight excluding hydrogens is 387 g/mol. The molecule has 0 atom stereocenters. The van der Waals surface area contributed by atoms with Gasteiger partial charge in [0.2, 0.25) is 0 Å². The van der Waals surface area contributed by atoms with Gasteiger partial charge in [0.25, 0.3) is 5.91 Å². The molecule has 0 saturated heterocycles. The summed E-state index contributed by atoms with van der Waals surface area (Å²) in [6.45, 7) is 0. The number of anilines is 2. The van der Waals surface area contributed by atoms with Gasteiger partial charge in [-0.25, -0.2) is 4.52 Å². The topological polar surface area (TPSA) is 90.2 Å². The quantitative estimate of drug-likeness (QED) is 0.545. The largest absolute Gasteiger partial charge is 0.382 e. The minimum atomic E-state index is -0.388. The summed E-state index contributed by atoms with van der Waals surface area (Å²) in [4.78, 5) is 12.9. The lowest BCUT2D eigenvalue weighted by Crippen LogP contribution is -2.13. The highest BCUT2D eigenvalue weighted by Crippen LogP contribution is 2.34. The maximum atomic E-state index is 12.9. The molecule has 0 fully saturated rings. The molecule has 0 aliphatic carbocycles. The SMILES string of the molecule is Cn1cc(NC(=O)c2c(N)nn3ccccc23)c(-c2cc(Cl)ccc2Cl)n1. The Bertz CT molecular complexity index is 1180. The Morgan fingerprint density at radius 2 is 2.00 bits per heavy atom. The van der Waals surface area contributed by atoms with Gasteiger partial charge in [0.1, 0.15) is 11.3 Å². The summed E-state index contributed by atoms with van der Waals surface area (Å²) in [5.74, 6) is -0.244. The van der Waals surface area contributed by atoms with E-state index in [1.807, 2.05) is 12.1 Å². The molecule has 0 unspecified atom stereocenters. The predicted octanol–water partition coefficient (Wildman–Crippen LogP) is 3.88. The molecule has 7 nitrogen and oxygen atoms in total. The van der Waals surface area contributed by atoms with Crippen molar-refractivity contribution >= 4 is 46.1 Å². The maximum Gasteiger partial charge on any atom is 0.261 e. The van der Waals surface area contributed by atoms with Gasteiger partial charge in [0, 0.05) is 30.0 Å². The molecule has 0 saturated carbocycles. The van der Waals surface area contributed by atoms with Crippen molar-refractivity contribution in [3.63, 3.8) is 0 Å². The lowest BCUT2D eigenvalue weighted by atomic mass is 10.1. The van der Waals surface area contributed by atoms with Crippen LogP contribution in [0.4, 0.5) is 11.5 Å². The molecule has 1 amide bonds. The summed E-state index contributed by atoms with van der Waals surface area (Å²) in [7, 11) is 1.75. The number of carbonyl (C=O) groups excluding carboxylic acids is 1. The lowest BCUT2D eigenvalue weighted by Gasteiger charge is -2.07. The molecule has 4 aromatic rings. The van der Waals surface area contributed by atoms with Crippen LogP contribution in [0.5, 0.6) is 0 Å². The van der Waals surface area contributed by atoms with Crippen LogP contribution in [0.3, 0.4) is 0 Å². The fraction of sp³-hybridized carbons (Fsp3) is 0.0556. The second-order valence-electron chi connectivity index (χ2n) is 5.93. The van der Waals surface area contributed by atoms with E-state index in [0.29, 0.717) is 38.1 Å². The van der Waals surface area contributed by atoms with Crippen molar-refractivity contribution in [3.05, 3.63) is 64.4 Å². The van der Waals surface area contributed by atoms with Gasteiger partial charge in [-0.15, -0.1) is 5.10 Å². The number of aromatic nitrogens is 4. The van der Waals surface area contributed by atoms with E-state index in [-0.39, 0.29) is 11.7 Å². The highest BCUT2D eigenvalue weighted by molar-refractivity contribution is 6.35. The summed E-state index contributed by atoms with van der Waals surface area (Å²) in [5.41, 5.74) is 8.47. The van der Waals surface area contributed by atoms with Crippen LogP contribution >= 0.6 is 23.2 Å². The van der Waals surface area contributed by atoms with Gasteiger partial charge in [-0.3, -0.25) is 9.48 Å².